The minimum absolute atomic E-state index is 0.202. The molecule has 1 N–H and O–H groups in total. The van der Waals surface area contributed by atoms with E-state index in [0.29, 0.717) is 0 Å². The van der Waals surface area contributed by atoms with Crippen LogP contribution in [-0.2, 0) is 6.42 Å². The van der Waals surface area contributed by atoms with E-state index in [1.165, 1.54) is 5.56 Å². The predicted octanol–water partition coefficient (Wildman–Crippen LogP) is 1.87. The summed E-state index contributed by atoms with van der Waals surface area (Å²) in [5.41, 5.74) is 3.04. The zero-order valence-electron chi connectivity index (χ0n) is 7.33. The highest BCUT2D eigenvalue weighted by molar-refractivity contribution is 5.63. The van der Waals surface area contributed by atoms with Gasteiger partial charge in [-0.15, -0.1) is 0 Å². The SMILES string of the molecule is Cc1cc2c(cc1[N+](=O)[O-])NCC2. The van der Waals surface area contributed by atoms with Crippen molar-refractivity contribution in [1.82, 2.24) is 0 Å². The van der Waals surface area contributed by atoms with Crippen molar-refractivity contribution in [3.8, 4) is 0 Å². The molecule has 13 heavy (non-hydrogen) atoms. The average molecular weight is 178 g/mol. The topological polar surface area (TPSA) is 55.2 Å². The summed E-state index contributed by atoms with van der Waals surface area (Å²) in [4.78, 5) is 10.3. The third-order valence-electron chi connectivity index (χ3n) is 2.33. The van der Waals surface area contributed by atoms with Crippen LogP contribution in [0.2, 0.25) is 0 Å². The second-order valence-corrected chi connectivity index (χ2v) is 3.23. The van der Waals surface area contributed by atoms with Crippen LogP contribution in [0.5, 0.6) is 0 Å². The van der Waals surface area contributed by atoms with Crippen LogP contribution < -0.4 is 5.32 Å². The number of aryl methyl sites for hydroxylation is 1. The van der Waals surface area contributed by atoms with E-state index in [4.69, 9.17) is 0 Å². The molecular weight excluding hydrogens is 168 g/mol. The molecule has 1 aromatic rings. The van der Waals surface area contributed by atoms with E-state index in [1.807, 2.05) is 6.07 Å². The molecule has 1 aromatic carbocycles. The van der Waals surface area contributed by atoms with Crippen molar-refractivity contribution in [2.24, 2.45) is 0 Å². The lowest BCUT2D eigenvalue weighted by molar-refractivity contribution is -0.385. The summed E-state index contributed by atoms with van der Waals surface area (Å²) in [6.45, 7) is 2.66. The first-order chi connectivity index (χ1) is 6.18. The fraction of sp³-hybridized carbons (Fsp3) is 0.333. The van der Waals surface area contributed by atoms with Gasteiger partial charge in [0.25, 0.3) is 5.69 Å². The number of anilines is 1. The summed E-state index contributed by atoms with van der Waals surface area (Å²) >= 11 is 0. The van der Waals surface area contributed by atoms with Gasteiger partial charge in [-0.25, -0.2) is 0 Å². The number of nitro groups is 1. The van der Waals surface area contributed by atoms with Crippen molar-refractivity contribution in [1.29, 1.82) is 0 Å². The summed E-state index contributed by atoms with van der Waals surface area (Å²) in [6, 6.07) is 3.52. The largest absolute Gasteiger partial charge is 0.384 e. The summed E-state index contributed by atoms with van der Waals surface area (Å²) in [7, 11) is 0. The Kier molecular flexibility index (Phi) is 1.69. The monoisotopic (exact) mass is 178 g/mol. The lowest BCUT2D eigenvalue weighted by Gasteiger charge is -2.01. The number of fused-ring (bicyclic) bond motifs is 1. The summed E-state index contributed by atoms with van der Waals surface area (Å²) in [5.74, 6) is 0. The second-order valence-electron chi connectivity index (χ2n) is 3.23. The highest BCUT2D eigenvalue weighted by atomic mass is 16.6. The standard InChI is InChI=1S/C9H10N2O2/c1-6-4-7-2-3-10-8(7)5-9(6)11(12)13/h4-5,10H,2-3H2,1H3. The van der Waals surface area contributed by atoms with Crippen molar-refractivity contribution >= 4 is 11.4 Å². The number of rotatable bonds is 1. The molecule has 0 spiro atoms. The van der Waals surface area contributed by atoms with E-state index in [1.54, 1.807) is 13.0 Å². The molecule has 1 aliphatic rings. The van der Waals surface area contributed by atoms with Gasteiger partial charge in [-0.05, 0) is 25.0 Å². The normalized spacial score (nSPS) is 13.6. The Morgan fingerprint density at radius 1 is 1.54 bits per heavy atom. The quantitative estimate of drug-likeness (QED) is 0.527. The van der Waals surface area contributed by atoms with Gasteiger partial charge in [-0.3, -0.25) is 10.1 Å². The van der Waals surface area contributed by atoms with Gasteiger partial charge in [-0.1, -0.05) is 0 Å². The van der Waals surface area contributed by atoms with E-state index in [2.05, 4.69) is 5.32 Å². The van der Waals surface area contributed by atoms with E-state index in [0.717, 1.165) is 24.2 Å². The van der Waals surface area contributed by atoms with Gasteiger partial charge in [-0.2, -0.15) is 0 Å². The molecular formula is C9H10N2O2. The smallest absolute Gasteiger partial charge is 0.274 e. The average Bonchev–Trinajstić information content (AvgIpc) is 2.48. The van der Waals surface area contributed by atoms with Crippen molar-refractivity contribution in [3.63, 3.8) is 0 Å². The third kappa shape index (κ3) is 1.24. The van der Waals surface area contributed by atoms with Crippen LogP contribution in [0.3, 0.4) is 0 Å². The number of nitrogens with one attached hydrogen (secondary N) is 1. The molecule has 4 heteroatoms. The zero-order chi connectivity index (χ0) is 9.42. The van der Waals surface area contributed by atoms with E-state index in [9.17, 15) is 10.1 Å². The number of benzene rings is 1. The van der Waals surface area contributed by atoms with Gasteiger partial charge >= 0.3 is 0 Å². The summed E-state index contributed by atoms with van der Waals surface area (Å²) < 4.78 is 0. The molecule has 0 saturated heterocycles. The molecule has 0 bridgehead atoms. The third-order valence-corrected chi connectivity index (χ3v) is 2.33. The number of hydrogen-bond donors (Lipinski definition) is 1. The van der Waals surface area contributed by atoms with Gasteiger partial charge < -0.3 is 5.32 Å². The minimum atomic E-state index is -0.338. The molecule has 1 aliphatic heterocycles. The molecule has 68 valence electrons. The molecule has 0 fully saturated rings. The maximum absolute atomic E-state index is 10.6. The number of nitrogens with zero attached hydrogens (tertiary/aromatic N) is 1. The molecule has 0 radical (unpaired) electrons. The molecule has 0 atom stereocenters. The van der Waals surface area contributed by atoms with Crippen LogP contribution in [-0.4, -0.2) is 11.5 Å². The van der Waals surface area contributed by atoms with Crippen LogP contribution in [0, 0.1) is 17.0 Å². The Bertz CT molecular complexity index is 374. The first kappa shape index (κ1) is 8.04. The summed E-state index contributed by atoms with van der Waals surface area (Å²) in [5, 5.41) is 13.7. The molecule has 0 aliphatic carbocycles. The minimum Gasteiger partial charge on any atom is -0.384 e. The Morgan fingerprint density at radius 2 is 2.31 bits per heavy atom. The fourth-order valence-corrected chi connectivity index (χ4v) is 1.66. The highest BCUT2D eigenvalue weighted by Gasteiger charge is 2.17. The van der Waals surface area contributed by atoms with Crippen LogP contribution >= 0.6 is 0 Å². The van der Waals surface area contributed by atoms with E-state index >= 15 is 0 Å². The summed E-state index contributed by atoms with van der Waals surface area (Å²) in [6.07, 6.45) is 0.966. The predicted molar refractivity (Wildman–Crippen MR) is 50.0 cm³/mol. The second kappa shape index (κ2) is 2.73. The van der Waals surface area contributed by atoms with Gasteiger partial charge in [0.2, 0.25) is 0 Å². The van der Waals surface area contributed by atoms with Crippen molar-refractivity contribution in [2.75, 3.05) is 11.9 Å². The zero-order valence-corrected chi connectivity index (χ0v) is 7.33. The Hall–Kier alpha value is -1.58. The first-order valence-corrected chi connectivity index (χ1v) is 4.20. The maximum atomic E-state index is 10.6. The maximum Gasteiger partial charge on any atom is 0.274 e. The van der Waals surface area contributed by atoms with E-state index in [-0.39, 0.29) is 10.6 Å². The lowest BCUT2D eigenvalue weighted by atomic mass is 10.1. The molecule has 0 saturated carbocycles. The van der Waals surface area contributed by atoms with Crippen molar-refractivity contribution in [2.45, 2.75) is 13.3 Å². The van der Waals surface area contributed by atoms with Crippen LogP contribution in [0.4, 0.5) is 11.4 Å². The molecule has 0 aromatic heterocycles. The Labute approximate surface area is 75.7 Å². The molecule has 0 amide bonds. The first-order valence-electron chi connectivity index (χ1n) is 4.20. The van der Waals surface area contributed by atoms with Gasteiger partial charge in [0, 0.05) is 23.9 Å². The van der Waals surface area contributed by atoms with Crippen LogP contribution in [0.1, 0.15) is 11.1 Å². The molecule has 0 unspecified atom stereocenters. The van der Waals surface area contributed by atoms with Crippen molar-refractivity contribution in [3.05, 3.63) is 33.4 Å². The highest BCUT2D eigenvalue weighted by Crippen LogP contribution is 2.29. The van der Waals surface area contributed by atoms with E-state index < -0.39 is 0 Å². The Balaban J connectivity index is 2.55. The van der Waals surface area contributed by atoms with Crippen molar-refractivity contribution < 1.29 is 4.92 Å². The Morgan fingerprint density at radius 3 is 3.00 bits per heavy atom. The van der Waals surface area contributed by atoms with Crippen LogP contribution in [0.25, 0.3) is 0 Å². The molecule has 1 heterocycles. The number of hydrogen-bond acceptors (Lipinski definition) is 3. The van der Waals surface area contributed by atoms with Crippen LogP contribution in [0.15, 0.2) is 12.1 Å². The van der Waals surface area contributed by atoms with Gasteiger partial charge in [0.05, 0.1) is 4.92 Å². The van der Waals surface area contributed by atoms with Gasteiger partial charge in [0.15, 0.2) is 0 Å². The van der Waals surface area contributed by atoms with Gasteiger partial charge in [0.1, 0.15) is 0 Å². The number of nitro benzene ring substituents is 1. The molecule has 2 rings (SSSR count). The fourth-order valence-electron chi connectivity index (χ4n) is 1.66. The molecule has 4 nitrogen and oxygen atoms in total. The lowest BCUT2D eigenvalue weighted by Crippen LogP contribution is -1.94.